The molecule has 0 radical (unpaired) electrons. The van der Waals surface area contributed by atoms with Crippen molar-refractivity contribution in [1.82, 2.24) is 0 Å². The number of ether oxygens (including phenoxy) is 1. The van der Waals surface area contributed by atoms with Gasteiger partial charge in [-0.15, -0.1) is 0 Å². The highest BCUT2D eigenvalue weighted by Crippen LogP contribution is 2.22. The normalized spacial score (nSPS) is 10.1. The van der Waals surface area contributed by atoms with E-state index in [1.54, 1.807) is 38.1 Å². The molecule has 122 valence electrons. The van der Waals surface area contributed by atoms with Gasteiger partial charge < -0.3 is 10.1 Å². The quantitative estimate of drug-likeness (QED) is 0.672. The predicted octanol–water partition coefficient (Wildman–Crippen LogP) is 4.03. The van der Waals surface area contributed by atoms with Gasteiger partial charge in [0.1, 0.15) is 5.75 Å². The van der Waals surface area contributed by atoms with Crippen LogP contribution in [0.25, 0.3) is 0 Å². The summed E-state index contributed by atoms with van der Waals surface area (Å²) in [6.07, 6.45) is 0. The van der Waals surface area contributed by atoms with Crippen LogP contribution < -0.4 is 10.1 Å². The molecule has 0 fully saturated rings. The summed E-state index contributed by atoms with van der Waals surface area (Å²) in [5.41, 5.74) is 1.22. The van der Waals surface area contributed by atoms with Crippen molar-refractivity contribution >= 4 is 29.2 Å². The van der Waals surface area contributed by atoms with E-state index in [9.17, 15) is 9.59 Å². The van der Waals surface area contributed by atoms with Gasteiger partial charge in [0.15, 0.2) is 0 Å². The molecule has 0 aliphatic heterocycles. The SMILES string of the molecule is CC(C)C(=O)Nc1ccc(C(=O)Oc2cc(Cl)cc(C#N)c2)cc1. The fraction of sp³-hybridized carbons (Fsp3) is 0.167. The number of carbonyl (C=O) groups excluding carboxylic acids is 2. The summed E-state index contributed by atoms with van der Waals surface area (Å²) < 4.78 is 5.22. The molecule has 0 aromatic heterocycles. The van der Waals surface area contributed by atoms with Gasteiger partial charge in [0.2, 0.25) is 5.91 Å². The molecule has 0 heterocycles. The van der Waals surface area contributed by atoms with E-state index in [0.29, 0.717) is 21.8 Å². The molecule has 6 heteroatoms. The van der Waals surface area contributed by atoms with Crippen LogP contribution >= 0.6 is 11.6 Å². The number of rotatable bonds is 4. The summed E-state index contributed by atoms with van der Waals surface area (Å²) >= 11 is 5.87. The lowest BCUT2D eigenvalue weighted by Gasteiger charge is -2.09. The molecule has 2 rings (SSSR count). The highest BCUT2D eigenvalue weighted by atomic mass is 35.5. The van der Waals surface area contributed by atoms with Crippen LogP contribution in [0.1, 0.15) is 29.8 Å². The van der Waals surface area contributed by atoms with E-state index < -0.39 is 5.97 Å². The Bertz CT molecular complexity index is 808. The minimum Gasteiger partial charge on any atom is -0.423 e. The second-order valence-electron chi connectivity index (χ2n) is 5.40. The first-order chi connectivity index (χ1) is 11.4. The van der Waals surface area contributed by atoms with Gasteiger partial charge >= 0.3 is 5.97 Å². The largest absolute Gasteiger partial charge is 0.423 e. The van der Waals surface area contributed by atoms with E-state index in [1.807, 2.05) is 6.07 Å². The Labute approximate surface area is 144 Å². The molecule has 2 aromatic rings. The molecule has 5 nitrogen and oxygen atoms in total. The molecule has 0 aliphatic rings. The third kappa shape index (κ3) is 4.58. The number of nitrogens with zero attached hydrogens (tertiary/aromatic N) is 1. The standard InChI is InChI=1S/C18H15ClN2O3/c1-11(2)17(22)21-15-5-3-13(4-6-15)18(23)24-16-8-12(10-20)7-14(19)9-16/h3-9,11H,1-2H3,(H,21,22). The lowest BCUT2D eigenvalue weighted by Crippen LogP contribution is -2.17. The number of nitrogens with one attached hydrogen (secondary N) is 1. The van der Waals surface area contributed by atoms with Crippen LogP contribution in [-0.2, 0) is 4.79 Å². The number of amides is 1. The van der Waals surface area contributed by atoms with Crippen LogP contribution in [-0.4, -0.2) is 11.9 Å². The fourth-order valence-electron chi connectivity index (χ4n) is 1.83. The summed E-state index contributed by atoms with van der Waals surface area (Å²) in [6, 6.07) is 12.6. The average molecular weight is 343 g/mol. The number of hydrogen-bond acceptors (Lipinski definition) is 4. The molecule has 0 saturated heterocycles. The van der Waals surface area contributed by atoms with E-state index in [0.717, 1.165) is 0 Å². The van der Waals surface area contributed by atoms with Crippen molar-refractivity contribution in [2.45, 2.75) is 13.8 Å². The van der Waals surface area contributed by atoms with E-state index in [1.165, 1.54) is 18.2 Å². The van der Waals surface area contributed by atoms with E-state index in [4.69, 9.17) is 21.6 Å². The van der Waals surface area contributed by atoms with Gasteiger partial charge in [-0.1, -0.05) is 25.4 Å². The Kier molecular flexibility index (Phi) is 5.56. The third-order valence-electron chi connectivity index (χ3n) is 3.12. The van der Waals surface area contributed by atoms with Crippen LogP contribution in [0.3, 0.4) is 0 Å². The molecule has 0 bridgehead atoms. The second kappa shape index (κ2) is 7.62. The molecular formula is C18H15ClN2O3. The Morgan fingerprint density at radius 2 is 1.83 bits per heavy atom. The highest BCUT2D eigenvalue weighted by Gasteiger charge is 2.11. The Morgan fingerprint density at radius 3 is 2.42 bits per heavy atom. The number of hydrogen-bond donors (Lipinski definition) is 1. The second-order valence-corrected chi connectivity index (χ2v) is 5.83. The Hall–Kier alpha value is -2.84. The smallest absolute Gasteiger partial charge is 0.343 e. The Morgan fingerprint density at radius 1 is 1.17 bits per heavy atom. The lowest BCUT2D eigenvalue weighted by molar-refractivity contribution is -0.118. The zero-order valence-corrected chi connectivity index (χ0v) is 13.9. The number of halogens is 1. The van der Waals surface area contributed by atoms with Gasteiger partial charge in [0, 0.05) is 16.6 Å². The first-order valence-electron chi connectivity index (χ1n) is 7.23. The number of esters is 1. The van der Waals surface area contributed by atoms with Gasteiger partial charge in [-0.3, -0.25) is 4.79 Å². The van der Waals surface area contributed by atoms with Crippen molar-refractivity contribution < 1.29 is 14.3 Å². The monoisotopic (exact) mass is 342 g/mol. The molecule has 2 aromatic carbocycles. The molecule has 0 atom stereocenters. The van der Waals surface area contributed by atoms with Crippen molar-refractivity contribution in [1.29, 1.82) is 5.26 Å². The Balaban J connectivity index is 2.09. The maximum absolute atomic E-state index is 12.1. The zero-order chi connectivity index (χ0) is 17.7. The van der Waals surface area contributed by atoms with Gasteiger partial charge in [-0.05, 0) is 42.5 Å². The molecule has 0 unspecified atom stereocenters. The molecular weight excluding hydrogens is 328 g/mol. The molecule has 24 heavy (non-hydrogen) atoms. The van der Waals surface area contributed by atoms with Crippen molar-refractivity contribution in [2.24, 2.45) is 5.92 Å². The molecule has 0 spiro atoms. The number of anilines is 1. The van der Waals surface area contributed by atoms with Crippen molar-refractivity contribution in [3.8, 4) is 11.8 Å². The summed E-state index contributed by atoms with van der Waals surface area (Å²) in [7, 11) is 0. The van der Waals surface area contributed by atoms with Gasteiger partial charge in [-0.2, -0.15) is 5.26 Å². The molecule has 0 saturated carbocycles. The lowest BCUT2D eigenvalue weighted by atomic mass is 10.1. The van der Waals surface area contributed by atoms with Crippen LogP contribution in [0, 0.1) is 17.2 Å². The van der Waals surface area contributed by atoms with E-state index in [2.05, 4.69) is 5.32 Å². The van der Waals surface area contributed by atoms with Crippen molar-refractivity contribution in [2.75, 3.05) is 5.32 Å². The van der Waals surface area contributed by atoms with Gasteiger partial charge in [0.05, 0.1) is 17.2 Å². The van der Waals surface area contributed by atoms with Crippen molar-refractivity contribution in [3.63, 3.8) is 0 Å². The van der Waals surface area contributed by atoms with Crippen LogP contribution in [0.15, 0.2) is 42.5 Å². The fourth-order valence-corrected chi connectivity index (χ4v) is 2.05. The molecule has 0 aliphatic carbocycles. The average Bonchev–Trinajstić information content (AvgIpc) is 2.54. The maximum Gasteiger partial charge on any atom is 0.343 e. The summed E-state index contributed by atoms with van der Waals surface area (Å²) in [4.78, 5) is 23.8. The predicted molar refractivity (Wildman–Crippen MR) is 91.0 cm³/mol. The number of carbonyl (C=O) groups is 2. The molecule has 1 amide bonds. The van der Waals surface area contributed by atoms with Crippen LogP contribution in [0.2, 0.25) is 5.02 Å². The number of nitriles is 1. The van der Waals surface area contributed by atoms with E-state index >= 15 is 0 Å². The minimum atomic E-state index is -0.581. The minimum absolute atomic E-state index is 0.103. The van der Waals surface area contributed by atoms with Crippen molar-refractivity contribution in [3.05, 3.63) is 58.6 Å². The first-order valence-corrected chi connectivity index (χ1v) is 7.60. The first kappa shape index (κ1) is 17.5. The van der Waals surface area contributed by atoms with Crippen LogP contribution in [0.5, 0.6) is 5.75 Å². The third-order valence-corrected chi connectivity index (χ3v) is 3.34. The van der Waals surface area contributed by atoms with Gasteiger partial charge in [-0.25, -0.2) is 4.79 Å². The molecule has 1 N–H and O–H groups in total. The van der Waals surface area contributed by atoms with Gasteiger partial charge in [0.25, 0.3) is 0 Å². The maximum atomic E-state index is 12.1. The van der Waals surface area contributed by atoms with Crippen LogP contribution in [0.4, 0.5) is 5.69 Å². The summed E-state index contributed by atoms with van der Waals surface area (Å²) in [5.74, 6) is -0.621. The highest BCUT2D eigenvalue weighted by molar-refractivity contribution is 6.30. The summed E-state index contributed by atoms with van der Waals surface area (Å²) in [6.45, 7) is 3.59. The number of benzene rings is 2. The van der Waals surface area contributed by atoms with E-state index in [-0.39, 0.29) is 17.6 Å². The topological polar surface area (TPSA) is 79.2 Å². The zero-order valence-electron chi connectivity index (χ0n) is 13.2. The summed E-state index contributed by atoms with van der Waals surface area (Å²) in [5, 5.41) is 11.9.